The number of likely N-dealkylation sites (tertiary alicyclic amines) is 1. The minimum absolute atomic E-state index is 0.0498. The molecular weight excluding hydrogens is 981 g/mol. The van der Waals surface area contributed by atoms with E-state index >= 15 is 0 Å². The average Bonchev–Trinajstić information content (AvgIpc) is 4.05. The second-order valence-corrected chi connectivity index (χ2v) is 19.0. The fourth-order valence-corrected chi connectivity index (χ4v) is 8.91. The van der Waals surface area contributed by atoms with Crippen LogP contribution in [0.2, 0.25) is 0 Å². The lowest BCUT2D eigenvalue weighted by Crippen LogP contribution is -2.43. The zero-order chi connectivity index (χ0) is 54.5. The molecule has 21 heteroatoms. The molecule has 0 radical (unpaired) electrons. The van der Waals surface area contributed by atoms with Crippen molar-refractivity contribution in [3.8, 4) is 22.3 Å². The highest BCUT2D eigenvalue weighted by atomic mass is 16.9. The number of benzene rings is 4. The molecule has 400 valence electrons. The molecule has 0 unspecified atom stereocenters. The first kappa shape index (κ1) is 55.6. The monoisotopic (exact) mass is 1040 g/mol. The predicted molar refractivity (Wildman–Crippen MR) is 273 cm³/mol. The van der Waals surface area contributed by atoms with Crippen molar-refractivity contribution < 1.29 is 62.5 Å². The molecule has 76 heavy (non-hydrogen) atoms. The van der Waals surface area contributed by atoms with Gasteiger partial charge in [0.1, 0.15) is 0 Å². The summed E-state index contributed by atoms with van der Waals surface area (Å²) in [6.45, 7) is 6.79. The van der Waals surface area contributed by atoms with Gasteiger partial charge in [0, 0.05) is 117 Å². The Labute approximate surface area is 440 Å². The number of nitrogens with zero attached hydrogens (tertiary/aromatic N) is 7. The van der Waals surface area contributed by atoms with Crippen LogP contribution in [0.5, 0.6) is 0 Å². The first-order valence-corrected chi connectivity index (χ1v) is 25.1. The SMILES string of the molecule is CN(C)C(=O)c1cc(-c2ccccc2)ccc1CN1CCC(C(=O)ON2C(=O)CCC2=O)CC1.CN(C)C(=O)c1cc(-c2ccccc2)ccc1CN1CCNCC1.O=C(ON1C(=O)CCC1=O)ON1C(=O)CCC1=O. The van der Waals surface area contributed by atoms with Crippen LogP contribution >= 0.6 is 0 Å². The molecule has 5 saturated heterocycles. The normalized spacial score (nSPS) is 17.2. The number of hydrogen-bond donors (Lipinski definition) is 1. The number of imide groups is 3. The van der Waals surface area contributed by atoms with Crippen molar-refractivity contribution in [2.45, 2.75) is 64.5 Å². The van der Waals surface area contributed by atoms with Crippen LogP contribution in [0.1, 0.15) is 83.2 Å². The smallest absolute Gasteiger partial charge is 0.345 e. The summed E-state index contributed by atoms with van der Waals surface area (Å²) in [4.78, 5) is 139. The van der Waals surface area contributed by atoms with E-state index in [0.717, 1.165) is 71.7 Å². The van der Waals surface area contributed by atoms with Crippen molar-refractivity contribution >= 4 is 59.4 Å². The second-order valence-electron chi connectivity index (χ2n) is 19.0. The Balaban J connectivity index is 0.000000175. The van der Waals surface area contributed by atoms with E-state index in [2.05, 4.69) is 49.1 Å². The minimum atomic E-state index is -1.48. The highest BCUT2D eigenvalue weighted by Gasteiger charge is 2.38. The maximum absolute atomic E-state index is 12.9. The Kier molecular flexibility index (Phi) is 18.9. The van der Waals surface area contributed by atoms with Crippen molar-refractivity contribution in [3.63, 3.8) is 0 Å². The summed E-state index contributed by atoms with van der Waals surface area (Å²) in [5.41, 5.74) is 7.78. The van der Waals surface area contributed by atoms with Gasteiger partial charge in [-0.3, -0.25) is 57.8 Å². The van der Waals surface area contributed by atoms with Crippen LogP contribution in [-0.2, 0) is 61.2 Å². The third-order valence-electron chi connectivity index (χ3n) is 13.2. The topological polar surface area (TPSA) is 233 Å². The Hall–Kier alpha value is -8.14. The van der Waals surface area contributed by atoms with Crippen LogP contribution in [0, 0.1) is 5.92 Å². The first-order chi connectivity index (χ1) is 36.5. The molecule has 5 fully saturated rings. The minimum Gasteiger partial charge on any atom is -0.345 e. The third-order valence-corrected chi connectivity index (χ3v) is 13.2. The Bertz CT molecular complexity index is 2740. The van der Waals surface area contributed by atoms with Crippen molar-refractivity contribution in [1.82, 2.24) is 40.1 Å². The molecule has 0 atom stereocenters. The summed E-state index contributed by atoms with van der Waals surface area (Å²) in [7, 11) is 7.11. The molecule has 5 aliphatic rings. The lowest BCUT2D eigenvalue weighted by atomic mass is 9.95. The van der Waals surface area contributed by atoms with Gasteiger partial charge in [-0.1, -0.05) is 95.1 Å². The average molecular weight is 1040 g/mol. The molecule has 4 aromatic rings. The number of amides is 8. The number of piperidine rings is 1. The lowest BCUT2D eigenvalue weighted by molar-refractivity contribution is -0.201. The zero-order valence-corrected chi connectivity index (χ0v) is 43.1. The zero-order valence-electron chi connectivity index (χ0n) is 43.1. The van der Waals surface area contributed by atoms with Gasteiger partial charge in [0.15, 0.2) is 0 Å². The van der Waals surface area contributed by atoms with Crippen molar-refractivity contribution in [2.24, 2.45) is 5.92 Å². The fourth-order valence-electron chi connectivity index (χ4n) is 8.91. The molecule has 4 aromatic carbocycles. The fraction of sp³-hybridized carbons (Fsp3) is 0.382. The van der Waals surface area contributed by atoms with Crippen molar-refractivity contribution in [1.29, 1.82) is 0 Å². The lowest BCUT2D eigenvalue weighted by Gasteiger charge is -2.31. The van der Waals surface area contributed by atoms with Crippen LogP contribution in [0.3, 0.4) is 0 Å². The molecule has 8 amide bonds. The van der Waals surface area contributed by atoms with Crippen LogP contribution in [0.4, 0.5) is 4.79 Å². The largest absolute Gasteiger partial charge is 0.560 e. The highest BCUT2D eigenvalue weighted by molar-refractivity contribution is 6.03. The van der Waals surface area contributed by atoms with Gasteiger partial charge in [0.05, 0.1) is 5.92 Å². The molecule has 0 aliphatic carbocycles. The quantitative estimate of drug-likeness (QED) is 0.191. The van der Waals surface area contributed by atoms with E-state index < -0.39 is 47.6 Å². The molecule has 0 bridgehead atoms. The highest BCUT2D eigenvalue weighted by Crippen LogP contribution is 2.28. The molecule has 0 spiro atoms. The number of rotatable bonds is 12. The first-order valence-electron chi connectivity index (χ1n) is 25.1. The van der Waals surface area contributed by atoms with E-state index in [-0.39, 0.29) is 66.4 Å². The number of hydroxylamine groups is 6. The molecule has 5 heterocycles. The number of nitrogens with one attached hydrogen (secondary N) is 1. The maximum Gasteiger partial charge on any atom is 0.560 e. The summed E-state index contributed by atoms with van der Waals surface area (Å²) in [5.74, 6) is -4.54. The van der Waals surface area contributed by atoms with Crippen molar-refractivity contribution in [2.75, 3.05) is 67.5 Å². The standard InChI is InChI=1S/C26H29N3O5.C20H25N3O.C9H8N2O7/c1-27(2)25(32)22-16-20(18-6-4-3-5-7-18)8-9-21(22)17-28-14-12-19(13-15-28)26(33)34-29-23(30)10-11-24(29)31;1-22(2)20(24)19-14-17(16-6-4-3-5-7-16)8-9-18(19)15-23-12-10-21-11-13-23;12-5-1-2-6(13)10(5)17-9(16)18-11-7(14)3-4-8(11)15/h3-9,16,19H,10-15,17H2,1-2H3;3-9,14,21H,10-13,15H2,1-2H3;1-4H2. The van der Waals surface area contributed by atoms with Gasteiger partial charge in [0.2, 0.25) is 0 Å². The van der Waals surface area contributed by atoms with E-state index in [1.807, 2.05) is 86.9 Å². The van der Waals surface area contributed by atoms with E-state index in [1.165, 1.54) is 0 Å². The van der Waals surface area contributed by atoms with Gasteiger partial charge in [0.25, 0.3) is 47.3 Å². The summed E-state index contributed by atoms with van der Waals surface area (Å²) in [5, 5.41) is 4.50. The van der Waals surface area contributed by atoms with Gasteiger partial charge in [-0.05, 0) is 71.4 Å². The molecule has 5 aliphatic heterocycles. The van der Waals surface area contributed by atoms with Crippen LogP contribution in [-0.4, -0.2) is 162 Å². The van der Waals surface area contributed by atoms with E-state index in [0.29, 0.717) is 43.1 Å². The maximum atomic E-state index is 12.9. The molecular formula is C55H62N8O13. The number of carbonyl (C=O) groups excluding carboxylic acids is 10. The molecule has 21 nitrogen and oxygen atoms in total. The van der Waals surface area contributed by atoms with Crippen LogP contribution in [0.25, 0.3) is 22.3 Å². The summed E-state index contributed by atoms with van der Waals surface area (Å²) < 4.78 is 0. The molecule has 1 N–H and O–H groups in total. The second kappa shape index (κ2) is 25.9. The summed E-state index contributed by atoms with van der Waals surface area (Å²) in [6.07, 6.45) is -0.434. The molecule has 9 rings (SSSR count). The van der Waals surface area contributed by atoms with Gasteiger partial charge in [-0.15, -0.1) is 5.06 Å². The Morgan fingerprint density at radius 2 is 0.829 bits per heavy atom. The summed E-state index contributed by atoms with van der Waals surface area (Å²) in [6, 6.07) is 32.4. The number of hydrogen-bond acceptors (Lipinski definition) is 16. The van der Waals surface area contributed by atoms with Crippen LogP contribution < -0.4 is 5.32 Å². The molecule has 0 saturated carbocycles. The van der Waals surface area contributed by atoms with Gasteiger partial charge < -0.3 is 20.0 Å². The van der Waals surface area contributed by atoms with E-state index in [9.17, 15) is 47.9 Å². The number of piperazine rings is 1. The Morgan fingerprint density at radius 3 is 1.20 bits per heavy atom. The number of carbonyl (C=O) groups is 10. The van der Waals surface area contributed by atoms with Crippen molar-refractivity contribution in [3.05, 3.63) is 119 Å². The van der Waals surface area contributed by atoms with Gasteiger partial charge in [-0.2, -0.15) is 4.79 Å². The van der Waals surface area contributed by atoms with Gasteiger partial charge in [-0.25, -0.2) is 4.79 Å². The van der Waals surface area contributed by atoms with E-state index in [1.54, 1.807) is 23.9 Å². The Morgan fingerprint density at radius 1 is 0.474 bits per heavy atom. The van der Waals surface area contributed by atoms with Crippen LogP contribution in [0.15, 0.2) is 97.1 Å². The predicted octanol–water partition coefficient (Wildman–Crippen LogP) is 4.60. The van der Waals surface area contributed by atoms with Gasteiger partial charge >= 0.3 is 12.1 Å². The van der Waals surface area contributed by atoms with E-state index in [4.69, 9.17) is 4.84 Å². The molecule has 0 aromatic heterocycles. The third kappa shape index (κ3) is 14.4. The summed E-state index contributed by atoms with van der Waals surface area (Å²) >= 11 is 0.